The highest BCUT2D eigenvalue weighted by atomic mass is 31.2. The monoisotopic (exact) mass is 126 g/mol. The van der Waals surface area contributed by atoms with Crippen LogP contribution in [-0.2, 0) is 4.57 Å². The highest BCUT2D eigenvalue weighted by molar-refractivity contribution is 7.56. The van der Waals surface area contributed by atoms with Crippen LogP contribution in [0.4, 0.5) is 0 Å². The topological polar surface area (TPSA) is 95.1 Å². The summed E-state index contributed by atoms with van der Waals surface area (Å²) in [5, 5.41) is 0. The van der Waals surface area contributed by atoms with Crippen LogP contribution >= 0.6 is 17.5 Å². The molecular formula is H6N3OP2. The fourth-order valence-electron chi connectivity index (χ4n) is 0. The molecule has 6 heteroatoms. The third kappa shape index (κ3) is 195. The first-order chi connectivity index (χ1) is 2.00. The van der Waals surface area contributed by atoms with Gasteiger partial charge < -0.3 is 0 Å². The largest absolute Gasteiger partial charge is 0.272 e. The van der Waals surface area contributed by atoms with Crippen molar-refractivity contribution in [3.63, 3.8) is 0 Å². The second-order valence-corrected chi connectivity index (χ2v) is 2.29. The summed E-state index contributed by atoms with van der Waals surface area (Å²) in [5.74, 6) is 0. The molecule has 0 rings (SSSR count). The van der Waals surface area contributed by atoms with E-state index in [4.69, 9.17) is 0 Å². The summed E-state index contributed by atoms with van der Waals surface area (Å²) in [5.41, 5.74) is 13.4. The molecular weight excluding hydrogens is 120 g/mol. The highest BCUT2D eigenvalue weighted by Gasteiger charge is 1.90. The molecule has 37 valence electrons. The maximum absolute atomic E-state index is 9.55. The summed E-state index contributed by atoms with van der Waals surface area (Å²) >= 11 is 0. The molecule has 0 aromatic carbocycles. The minimum Gasteiger partial charge on any atom is -0.272 e. The van der Waals surface area contributed by atoms with Gasteiger partial charge in [0, 0.05) is 9.90 Å². The minimum atomic E-state index is -3.14. The Kier molecular flexibility index (Phi) is 4.33. The lowest BCUT2D eigenvalue weighted by molar-refractivity contribution is 0.577. The molecule has 0 fully saturated rings. The molecule has 0 aliphatic heterocycles. The molecule has 0 aromatic rings. The Morgan fingerprint density at radius 3 is 1.17 bits per heavy atom. The van der Waals surface area contributed by atoms with E-state index in [0.717, 1.165) is 0 Å². The number of nitrogens with two attached hydrogens (primary N) is 3. The predicted octanol–water partition coefficient (Wildman–Crippen LogP) is -0.168. The third-order valence-corrected chi connectivity index (χ3v) is 0. The van der Waals surface area contributed by atoms with Gasteiger partial charge in [-0.2, -0.15) is 0 Å². The van der Waals surface area contributed by atoms with Crippen LogP contribution < -0.4 is 16.5 Å². The van der Waals surface area contributed by atoms with Crippen molar-refractivity contribution >= 4 is 17.5 Å². The lowest BCUT2D eigenvalue weighted by Crippen LogP contribution is -2.12. The second kappa shape index (κ2) is 2.67. The molecule has 6 N–H and O–H groups in total. The summed E-state index contributed by atoms with van der Waals surface area (Å²) in [4.78, 5) is 0. The van der Waals surface area contributed by atoms with E-state index in [9.17, 15) is 4.57 Å². The standard InChI is InChI=1S/H6N3OP.P/c1-5(2,3)4;/h(H6,1,2,3,4);. The minimum absolute atomic E-state index is 0. The summed E-state index contributed by atoms with van der Waals surface area (Å²) in [6, 6.07) is 0. The molecule has 0 heterocycles. The van der Waals surface area contributed by atoms with Gasteiger partial charge in [-0.1, -0.05) is 0 Å². The van der Waals surface area contributed by atoms with Gasteiger partial charge in [0.2, 0.25) is 0 Å². The Labute approximate surface area is 39.6 Å². The van der Waals surface area contributed by atoms with E-state index in [1.807, 2.05) is 0 Å². The van der Waals surface area contributed by atoms with E-state index in [2.05, 4.69) is 16.5 Å². The summed E-state index contributed by atoms with van der Waals surface area (Å²) < 4.78 is 9.55. The fourth-order valence-corrected chi connectivity index (χ4v) is 0. The Hall–Kier alpha value is 0.540. The van der Waals surface area contributed by atoms with Crippen molar-refractivity contribution in [2.45, 2.75) is 0 Å². The van der Waals surface area contributed by atoms with Crippen LogP contribution in [0.1, 0.15) is 0 Å². The van der Waals surface area contributed by atoms with Crippen molar-refractivity contribution in [1.29, 1.82) is 0 Å². The molecule has 0 spiro atoms. The molecule has 0 aromatic heterocycles. The maximum Gasteiger partial charge on any atom is 0.271 e. The van der Waals surface area contributed by atoms with Crippen LogP contribution in [0.5, 0.6) is 0 Å². The highest BCUT2D eigenvalue weighted by Crippen LogP contribution is 2.06. The van der Waals surface area contributed by atoms with Crippen LogP contribution in [0.25, 0.3) is 0 Å². The van der Waals surface area contributed by atoms with Crippen molar-refractivity contribution in [1.82, 2.24) is 0 Å². The van der Waals surface area contributed by atoms with E-state index in [-0.39, 0.29) is 9.90 Å². The Bertz CT molecular complexity index is 54.9. The molecule has 0 saturated heterocycles. The van der Waals surface area contributed by atoms with E-state index < -0.39 is 7.59 Å². The fraction of sp³-hybridized carbons (Fsp3) is 0. The molecule has 0 aliphatic carbocycles. The van der Waals surface area contributed by atoms with Gasteiger partial charge >= 0.3 is 0 Å². The molecule has 0 bridgehead atoms. The molecule has 0 aliphatic rings. The predicted molar refractivity (Wildman–Crippen MR) is 27.1 cm³/mol. The molecule has 0 saturated carbocycles. The van der Waals surface area contributed by atoms with Crippen molar-refractivity contribution in [2.24, 2.45) is 16.5 Å². The van der Waals surface area contributed by atoms with E-state index in [1.165, 1.54) is 0 Å². The quantitative estimate of drug-likeness (QED) is 0.392. The van der Waals surface area contributed by atoms with Crippen molar-refractivity contribution in [3.05, 3.63) is 0 Å². The lowest BCUT2D eigenvalue weighted by Gasteiger charge is -1.88. The van der Waals surface area contributed by atoms with Crippen molar-refractivity contribution in [2.75, 3.05) is 0 Å². The first kappa shape index (κ1) is 9.74. The Morgan fingerprint density at radius 1 is 1.17 bits per heavy atom. The zero-order chi connectivity index (χ0) is 4.50. The molecule has 3 radical (unpaired) electrons. The van der Waals surface area contributed by atoms with Gasteiger partial charge in [-0.15, -0.1) is 0 Å². The third-order valence-electron chi connectivity index (χ3n) is 0. The number of hydrogen-bond donors (Lipinski definition) is 3. The first-order valence-corrected chi connectivity index (χ1v) is 2.87. The SMILES string of the molecule is NP(N)(N)=O.[P]. The van der Waals surface area contributed by atoms with Gasteiger partial charge in [-0.3, -0.25) is 21.1 Å². The van der Waals surface area contributed by atoms with Gasteiger partial charge in [0.1, 0.15) is 0 Å². The van der Waals surface area contributed by atoms with E-state index in [0.29, 0.717) is 0 Å². The molecule has 0 atom stereocenters. The molecule has 0 amide bonds. The number of hydrogen-bond acceptors (Lipinski definition) is 1. The summed E-state index contributed by atoms with van der Waals surface area (Å²) in [6.07, 6.45) is 0. The lowest BCUT2D eigenvalue weighted by atomic mass is 13.8. The van der Waals surface area contributed by atoms with Crippen LogP contribution in [0.2, 0.25) is 0 Å². The Balaban J connectivity index is 0. The summed E-state index contributed by atoms with van der Waals surface area (Å²) in [7, 11) is -3.14. The van der Waals surface area contributed by atoms with Crippen LogP contribution in [-0.4, -0.2) is 0 Å². The molecule has 6 heavy (non-hydrogen) atoms. The zero-order valence-corrected chi connectivity index (χ0v) is 4.82. The molecule has 0 unspecified atom stereocenters. The summed E-state index contributed by atoms with van der Waals surface area (Å²) in [6.45, 7) is 0. The zero-order valence-electron chi connectivity index (χ0n) is 3.03. The van der Waals surface area contributed by atoms with Gasteiger partial charge in [0.25, 0.3) is 7.59 Å². The first-order valence-electron chi connectivity index (χ1n) is 0.957. The molecule has 4 nitrogen and oxygen atoms in total. The second-order valence-electron chi connectivity index (χ2n) is 0.763. The van der Waals surface area contributed by atoms with Crippen LogP contribution in [0, 0.1) is 0 Å². The van der Waals surface area contributed by atoms with Gasteiger partial charge in [-0.05, 0) is 0 Å². The van der Waals surface area contributed by atoms with Gasteiger partial charge in [0.15, 0.2) is 0 Å². The van der Waals surface area contributed by atoms with Gasteiger partial charge in [-0.25, -0.2) is 0 Å². The van der Waals surface area contributed by atoms with Crippen LogP contribution in [0.15, 0.2) is 0 Å². The van der Waals surface area contributed by atoms with Crippen molar-refractivity contribution in [3.8, 4) is 0 Å². The van der Waals surface area contributed by atoms with Crippen LogP contribution in [0.3, 0.4) is 0 Å². The Morgan fingerprint density at radius 2 is 1.17 bits per heavy atom. The van der Waals surface area contributed by atoms with Crippen molar-refractivity contribution < 1.29 is 4.57 Å². The maximum atomic E-state index is 9.55. The average molecular weight is 126 g/mol. The smallest absolute Gasteiger partial charge is 0.271 e. The van der Waals surface area contributed by atoms with E-state index in [1.54, 1.807) is 0 Å². The number of rotatable bonds is 0. The normalized spacial score (nSPS) is 9.83. The van der Waals surface area contributed by atoms with Gasteiger partial charge in [0.05, 0.1) is 0 Å². The average Bonchev–Trinajstić information content (AvgIpc) is 0.722. The van der Waals surface area contributed by atoms with E-state index >= 15 is 0 Å².